The van der Waals surface area contributed by atoms with E-state index in [1.807, 2.05) is 16.8 Å². The minimum absolute atomic E-state index is 0.536. The number of aromatic nitrogens is 4. The predicted octanol–water partition coefficient (Wildman–Crippen LogP) is 3.40. The number of hydrogen-bond acceptors (Lipinski definition) is 4. The molecule has 3 rings (SSSR count). The van der Waals surface area contributed by atoms with Crippen LogP contribution in [0.2, 0.25) is 5.02 Å². The molecule has 0 bridgehead atoms. The molecule has 21 heavy (non-hydrogen) atoms. The highest BCUT2D eigenvalue weighted by molar-refractivity contribution is 6.33. The minimum atomic E-state index is 0.536. The molecular weight excluding hydrogens is 286 g/mol. The van der Waals surface area contributed by atoms with Crippen molar-refractivity contribution in [1.82, 2.24) is 20.2 Å². The van der Waals surface area contributed by atoms with Gasteiger partial charge in [0.05, 0.1) is 10.7 Å². The minimum Gasteiger partial charge on any atom is -0.398 e. The van der Waals surface area contributed by atoms with Crippen molar-refractivity contribution >= 4 is 17.3 Å². The molecule has 0 atom stereocenters. The number of benzene rings is 1. The van der Waals surface area contributed by atoms with Crippen LogP contribution in [-0.2, 0) is 6.54 Å². The molecule has 1 aliphatic rings. The number of hydrogen-bond donors (Lipinski definition) is 1. The summed E-state index contributed by atoms with van der Waals surface area (Å²) in [5.74, 6) is 2.27. The Morgan fingerprint density at radius 1 is 1.29 bits per heavy atom. The monoisotopic (exact) mass is 305 g/mol. The molecule has 6 heteroatoms. The smallest absolute Gasteiger partial charge is 0.182 e. The Labute approximate surface area is 129 Å². The molecule has 0 saturated heterocycles. The van der Waals surface area contributed by atoms with Gasteiger partial charge >= 0.3 is 0 Å². The summed E-state index contributed by atoms with van der Waals surface area (Å²) in [7, 11) is 0. The van der Waals surface area contributed by atoms with Gasteiger partial charge in [0.15, 0.2) is 5.82 Å². The number of rotatable bonds is 3. The van der Waals surface area contributed by atoms with E-state index in [1.54, 1.807) is 6.07 Å². The lowest BCUT2D eigenvalue weighted by molar-refractivity contribution is 0.257. The molecule has 5 nitrogen and oxygen atoms in total. The van der Waals surface area contributed by atoms with Crippen molar-refractivity contribution in [3.8, 4) is 11.4 Å². The van der Waals surface area contributed by atoms with E-state index in [9.17, 15) is 0 Å². The largest absolute Gasteiger partial charge is 0.398 e. The van der Waals surface area contributed by atoms with Crippen molar-refractivity contribution in [2.24, 2.45) is 11.8 Å². The Balaban J connectivity index is 1.79. The van der Waals surface area contributed by atoms with E-state index in [1.165, 1.54) is 25.7 Å². The zero-order valence-electron chi connectivity index (χ0n) is 12.2. The second-order valence-corrected chi connectivity index (χ2v) is 6.45. The average Bonchev–Trinajstić information content (AvgIpc) is 2.92. The van der Waals surface area contributed by atoms with Crippen LogP contribution in [-0.4, -0.2) is 20.2 Å². The fraction of sp³-hybridized carbons (Fsp3) is 0.533. The third-order valence-corrected chi connectivity index (χ3v) is 4.68. The van der Waals surface area contributed by atoms with Crippen LogP contribution in [0.5, 0.6) is 0 Å². The summed E-state index contributed by atoms with van der Waals surface area (Å²) in [5.41, 5.74) is 7.23. The first-order chi connectivity index (χ1) is 10.1. The van der Waals surface area contributed by atoms with Crippen LogP contribution in [0.4, 0.5) is 5.69 Å². The van der Waals surface area contributed by atoms with Crippen molar-refractivity contribution in [2.45, 2.75) is 39.2 Å². The van der Waals surface area contributed by atoms with Crippen LogP contribution >= 0.6 is 11.6 Å². The molecule has 0 aliphatic heterocycles. The lowest BCUT2D eigenvalue weighted by Crippen LogP contribution is -2.19. The Bertz CT molecular complexity index is 616. The molecule has 112 valence electrons. The lowest BCUT2D eigenvalue weighted by atomic mass is 9.83. The third-order valence-electron chi connectivity index (χ3n) is 4.36. The number of anilines is 1. The maximum Gasteiger partial charge on any atom is 0.182 e. The summed E-state index contributed by atoms with van der Waals surface area (Å²) in [4.78, 5) is 0. The molecule has 1 fully saturated rings. The number of halogens is 1. The van der Waals surface area contributed by atoms with Crippen molar-refractivity contribution in [1.29, 1.82) is 0 Å². The molecule has 0 spiro atoms. The fourth-order valence-electron chi connectivity index (χ4n) is 2.96. The van der Waals surface area contributed by atoms with Crippen molar-refractivity contribution in [3.63, 3.8) is 0 Å². The van der Waals surface area contributed by atoms with E-state index in [-0.39, 0.29) is 0 Å². The maximum absolute atomic E-state index is 6.09. The van der Waals surface area contributed by atoms with Crippen LogP contribution in [0.25, 0.3) is 11.4 Å². The van der Waals surface area contributed by atoms with Crippen molar-refractivity contribution < 1.29 is 0 Å². The van der Waals surface area contributed by atoms with E-state index in [0.717, 1.165) is 23.9 Å². The molecule has 0 amide bonds. The molecule has 1 aromatic heterocycles. The van der Waals surface area contributed by atoms with Crippen LogP contribution in [0.1, 0.15) is 32.6 Å². The molecule has 1 aromatic carbocycles. The SMILES string of the molecule is CC1CCC(Cn2nnnc2-c2ccc(N)c(Cl)c2)CC1. The summed E-state index contributed by atoms with van der Waals surface area (Å²) in [6.45, 7) is 3.20. The van der Waals surface area contributed by atoms with Gasteiger partial charge in [-0.05, 0) is 53.3 Å². The van der Waals surface area contributed by atoms with E-state index >= 15 is 0 Å². The van der Waals surface area contributed by atoms with E-state index in [4.69, 9.17) is 17.3 Å². The van der Waals surface area contributed by atoms with Gasteiger partial charge in [-0.2, -0.15) is 0 Å². The Morgan fingerprint density at radius 2 is 2.05 bits per heavy atom. The topological polar surface area (TPSA) is 69.6 Å². The number of nitrogens with zero attached hydrogens (tertiary/aromatic N) is 4. The second kappa shape index (κ2) is 6.02. The third kappa shape index (κ3) is 3.18. The normalized spacial score (nSPS) is 22.4. The number of nitrogen functional groups attached to an aromatic ring is 1. The zero-order valence-corrected chi connectivity index (χ0v) is 12.9. The van der Waals surface area contributed by atoms with E-state index in [2.05, 4.69) is 22.4 Å². The molecule has 2 N–H and O–H groups in total. The molecule has 0 radical (unpaired) electrons. The molecular formula is C15H20ClN5. The first-order valence-electron chi connectivity index (χ1n) is 7.45. The Morgan fingerprint density at radius 3 is 2.76 bits per heavy atom. The first kappa shape index (κ1) is 14.3. The molecule has 1 saturated carbocycles. The van der Waals surface area contributed by atoms with Crippen LogP contribution in [0.3, 0.4) is 0 Å². The average molecular weight is 306 g/mol. The predicted molar refractivity (Wildman–Crippen MR) is 83.8 cm³/mol. The van der Waals surface area contributed by atoms with Gasteiger partial charge in [0.25, 0.3) is 0 Å². The van der Waals surface area contributed by atoms with Crippen LogP contribution in [0, 0.1) is 11.8 Å². The van der Waals surface area contributed by atoms with E-state index < -0.39 is 0 Å². The molecule has 2 aromatic rings. The van der Waals surface area contributed by atoms with Gasteiger partial charge in [-0.1, -0.05) is 31.4 Å². The second-order valence-electron chi connectivity index (χ2n) is 6.05. The maximum atomic E-state index is 6.09. The first-order valence-corrected chi connectivity index (χ1v) is 7.83. The molecule has 0 unspecified atom stereocenters. The van der Waals surface area contributed by atoms with Gasteiger partial charge in [0.1, 0.15) is 0 Å². The van der Waals surface area contributed by atoms with Gasteiger partial charge in [0, 0.05) is 12.1 Å². The van der Waals surface area contributed by atoms with Gasteiger partial charge in [-0.15, -0.1) is 5.10 Å². The standard InChI is InChI=1S/C15H20ClN5/c1-10-2-4-11(5-3-10)9-21-15(18-19-20-21)12-6-7-14(17)13(16)8-12/h6-8,10-11H,2-5,9,17H2,1H3. The summed E-state index contributed by atoms with van der Waals surface area (Å²) in [6.07, 6.45) is 5.11. The fourth-order valence-corrected chi connectivity index (χ4v) is 3.14. The van der Waals surface area contributed by atoms with Crippen LogP contribution < -0.4 is 5.73 Å². The summed E-state index contributed by atoms with van der Waals surface area (Å²) in [5, 5.41) is 12.6. The summed E-state index contributed by atoms with van der Waals surface area (Å²) < 4.78 is 1.89. The van der Waals surface area contributed by atoms with Crippen LogP contribution in [0.15, 0.2) is 18.2 Å². The Hall–Kier alpha value is -1.62. The van der Waals surface area contributed by atoms with Crippen molar-refractivity contribution in [3.05, 3.63) is 23.2 Å². The highest BCUT2D eigenvalue weighted by Gasteiger charge is 2.20. The molecule has 1 heterocycles. The highest BCUT2D eigenvalue weighted by atomic mass is 35.5. The Kier molecular flexibility index (Phi) is 4.10. The highest BCUT2D eigenvalue weighted by Crippen LogP contribution is 2.30. The summed E-state index contributed by atoms with van der Waals surface area (Å²) >= 11 is 6.09. The van der Waals surface area contributed by atoms with Crippen molar-refractivity contribution in [2.75, 3.05) is 5.73 Å². The van der Waals surface area contributed by atoms with E-state index in [0.29, 0.717) is 16.6 Å². The zero-order chi connectivity index (χ0) is 14.8. The van der Waals surface area contributed by atoms with Gasteiger partial charge in [-0.3, -0.25) is 0 Å². The number of tetrazole rings is 1. The summed E-state index contributed by atoms with van der Waals surface area (Å²) in [6, 6.07) is 5.52. The quantitative estimate of drug-likeness (QED) is 0.882. The van der Waals surface area contributed by atoms with Gasteiger partial charge in [0.2, 0.25) is 0 Å². The number of nitrogens with two attached hydrogens (primary N) is 1. The molecule has 1 aliphatic carbocycles. The van der Waals surface area contributed by atoms with Gasteiger partial charge in [-0.25, -0.2) is 4.68 Å². The van der Waals surface area contributed by atoms with Gasteiger partial charge < -0.3 is 5.73 Å². The lowest BCUT2D eigenvalue weighted by Gasteiger charge is -2.26.